The number of para-hydroxylation sites is 2. The van der Waals surface area contributed by atoms with E-state index < -0.39 is 26.0 Å². The summed E-state index contributed by atoms with van der Waals surface area (Å²) >= 11 is 4.95. The number of aryl methyl sites for hydroxylation is 1. The Morgan fingerprint density at radius 3 is 2.01 bits per heavy atom. The zero-order valence-electron chi connectivity index (χ0n) is 42.9. The summed E-state index contributed by atoms with van der Waals surface area (Å²) < 4.78 is 94.1. The Hall–Kier alpha value is -5.77. The number of rotatable bonds is 26. The van der Waals surface area contributed by atoms with Gasteiger partial charge in [-0.3, -0.25) is 4.55 Å². The van der Waals surface area contributed by atoms with Gasteiger partial charge in [-0.15, -0.1) is 0 Å². The molecule has 0 aliphatic carbocycles. The van der Waals surface area contributed by atoms with Gasteiger partial charge < -0.3 is 38.2 Å². The highest BCUT2D eigenvalue weighted by Crippen LogP contribution is 2.49. The van der Waals surface area contributed by atoms with Gasteiger partial charge in [0.2, 0.25) is 5.52 Å². The van der Waals surface area contributed by atoms with Crippen LogP contribution < -0.4 is 19.3 Å². The molecule has 14 nitrogen and oxygen atoms in total. The monoisotopic (exact) mass is 1140 g/mol. The lowest BCUT2D eigenvalue weighted by Crippen LogP contribution is -2.36. The van der Waals surface area contributed by atoms with Gasteiger partial charge in [-0.25, -0.2) is 8.42 Å². The Bertz CT molecular complexity index is 3690. The number of fused-ring (bicyclic) bond motifs is 8. The maximum absolute atomic E-state index is 11.6. The van der Waals surface area contributed by atoms with Crippen LogP contribution in [-0.2, 0) is 52.1 Å². The van der Waals surface area contributed by atoms with E-state index in [0.29, 0.717) is 79.0 Å². The first-order valence-electron chi connectivity index (χ1n) is 25.9. The van der Waals surface area contributed by atoms with Crippen LogP contribution in [-0.4, -0.2) is 110 Å². The van der Waals surface area contributed by atoms with E-state index in [9.17, 15) is 25.9 Å². The molecule has 78 heavy (non-hydrogen) atoms. The molecule has 3 aliphatic heterocycles. The van der Waals surface area contributed by atoms with E-state index in [-0.39, 0.29) is 18.6 Å². The van der Waals surface area contributed by atoms with Crippen molar-refractivity contribution >= 4 is 110 Å². The van der Waals surface area contributed by atoms with Crippen molar-refractivity contribution in [2.75, 3.05) is 98.7 Å². The number of aromatic nitrogens is 1. The Balaban J connectivity index is 0.657. The van der Waals surface area contributed by atoms with Crippen molar-refractivity contribution in [3.63, 3.8) is 0 Å². The number of thiazole rings is 1. The molecule has 0 amide bonds. The van der Waals surface area contributed by atoms with Crippen LogP contribution in [0.4, 0.5) is 17.1 Å². The van der Waals surface area contributed by atoms with E-state index in [2.05, 4.69) is 122 Å². The van der Waals surface area contributed by atoms with Gasteiger partial charge in [-0.1, -0.05) is 132 Å². The predicted molar refractivity (Wildman–Crippen MR) is 314 cm³/mol. The van der Waals surface area contributed by atoms with Crippen LogP contribution in [0.5, 0.6) is 0 Å². The van der Waals surface area contributed by atoms with Crippen LogP contribution in [0.25, 0.3) is 37.8 Å². The molecule has 6 aromatic carbocycles. The Kier molecular flexibility index (Phi) is 18.5. The summed E-state index contributed by atoms with van der Waals surface area (Å²) in [6, 6.07) is 41.4. The molecule has 4 heterocycles. The third-order valence-corrected chi connectivity index (χ3v) is 18.3. The second kappa shape index (κ2) is 26.0. The highest BCUT2D eigenvalue weighted by Gasteiger charge is 2.29. The lowest BCUT2D eigenvalue weighted by Gasteiger charge is -2.21. The molecule has 0 fully saturated rings. The van der Waals surface area contributed by atoms with Crippen LogP contribution in [0.1, 0.15) is 23.4 Å². The largest absolute Gasteiger partial charge is 0.748 e. The summed E-state index contributed by atoms with van der Waals surface area (Å²) in [6.07, 6.45) is 11.5. The molecular weight excluding hydrogens is 1090 g/mol. The van der Waals surface area contributed by atoms with E-state index in [1.165, 1.54) is 10.5 Å². The number of benzene rings is 6. The normalized spacial score (nSPS) is 15.5. The van der Waals surface area contributed by atoms with Gasteiger partial charge in [-0.2, -0.15) is 13.0 Å². The molecule has 0 spiro atoms. The number of allylic oxidation sites excluding steroid dienone is 5. The Morgan fingerprint density at radius 2 is 1.27 bits per heavy atom. The molecule has 0 saturated heterocycles. The molecule has 406 valence electrons. The summed E-state index contributed by atoms with van der Waals surface area (Å²) in [5.74, 6) is -0.727. The van der Waals surface area contributed by atoms with Crippen molar-refractivity contribution in [2.24, 2.45) is 0 Å². The van der Waals surface area contributed by atoms with E-state index in [1.807, 2.05) is 54.6 Å². The number of anilines is 3. The van der Waals surface area contributed by atoms with E-state index in [4.69, 9.17) is 18.9 Å². The van der Waals surface area contributed by atoms with Crippen molar-refractivity contribution in [3.8, 4) is 0 Å². The fourth-order valence-electron chi connectivity index (χ4n) is 9.89. The molecule has 7 aromatic rings. The standard InChI is InChI=1S/C59H60N4O10S5/c64-77(65,66)41-11-29-62-56(75-53-27-25-44-13-1-4-17-48(44)58(53)62)22-9-16-47-43-46-15-3-6-19-50(46)60(47)31-33-70-35-37-72-39-40-73-38-36-71-34-32-61-51-20-7-8-21-52(51)74-55(61)23-10-24-57-63(30-12-42-78(67,68)69)59-49-18-5-2-14-45(49)26-28-54(59)76-57/h1-10,13-21,23-28H,11-12,29-43H2,(H-,64,65,66,67,68,69)/b47-16-. The highest BCUT2D eigenvalue weighted by molar-refractivity contribution is 8.04. The molecule has 1 N–H and O–H groups in total. The smallest absolute Gasteiger partial charge is 0.264 e. The Morgan fingerprint density at radius 1 is 0.628 bits per heavy atom. The van der Waals surface area contributed by atoms with Crippen molar-refractivity contribution in [1.29, 1.82) is 0 Å². The molecule has 0 saturated carbocycles. The first-order chi connectivity index (χ1) is 38.0. The van der Waals surface area contributed by atoms with Gasteiger partial charge in [0, 0.05) is 70.9 Å². The second-order valence-corrected chi connectivity index (χ2v) is 24.9. The number of ether oxygens (including phenoxy) is 4. The summed E-state index contributed by atoms with van der Waals surface area (Å²) in [7, 11) is -8.41. The fraction of sp³-hybridized carbons (Fsp3) is 0.288. The van der Waals surface area contributed by atoms with Gasteiger partial charge in [0.1, 0.15) is 9.73 Å². The molecule has 3 aliphatic rings. The van der Waals surface area contributed by atoms with Crippen LogP contribution in [0.3, 0.4) is 0 Å². The van der Waals surface area contributed by atoms with Gasteiger partial charge in [0.15, 0.2) is 6.54 Å². The number of thioether (sulfide) groups is 2. The van der Waals surface area contributed by atoms with Crippen molar-refractivity contribution in [3.05, 3.63) is 178 Å². The second-order valence-electron chi connectivity index (χ2n) is 18.6. The summed E-state index contributed by atoms with van der Waals surface area (Å²) in [4.78, 5) is 8.90. The summed E-state index contributed by atoms with van der Waals surface area (Å²) in [5, 5.41) is 7.27. The number of nitrogens with zero attached hydrogens (tertiary/aromatic N) is 4. The lowest BCUT2D eigenvalue weighted by molar-refractivity contribution is -0.667. The van der Waals surface area contributed by atoms with Crippen molar-refractivity contribution in [1.82, 2.24) is 0 Å². The molecule has 0 radical (unpaired) electrons. The van der Waals surface area contributed by atoms with E-state index in [0.717, 1.165) is 80.9 Å². The highest BCUT2D eigenvalue weighted by atomic mass is 32.2. The molecule has 0 unspecified atom stereocenters. The fourth-order valence-corrected chi connectivity index (χ4v) is 14.2. The van der Waals surface area contributed by atoms with Gasteiger partial charge >= 0.3 is 0 Å². The number of hydrogen-bond acceptors (Lipinski definition) is 15. The average molecular weight is 1150 g/mol. The molecule has 0 atom stereocenters. The van der Waals surface area contributed by atoms with Gasteiger partial charge in [0.05, 0.1) is 90.5 Å². The average Bonchev–Trinajstić information content (AvgIpc) is 4.36. The quantitative estimate of drug-likeness (QED) is 0.0236. The third kappa shape index (κ3) is 14.0. The number of hydrogen-bond donors (Lipinski definition) is 1. The van der Waals surface area contributed by atoms with E-state index >= 15 is 0 Å². The minimum atomic E-state index is -4.33. The van der Waals surface area contributed by atoms with Crippen LogP contribution in [0.15, 0.2) is 177 Å². The Labute approximate surface area is 468 Å². The third-order valence-electron chi connectivity index (χ3n) is 13.4. The molecule has 0 bridgehead atoms. The minimum Gasteiger partial charge on any atom is -0.748 e. The molecular formula is C59H60N4O10S5. The van der Waals surface area contributed by atoms with Gasteiger partial charge in [-0.05, 0) is 77.4 Å². The van der Waals surface area contributed by atoms with E-state index in [1.54, 1.807) is 34.9 Å². The molecule has 10 rings (SSSR count). The van der Waals surface area contributed by atoms with Crippen molar-refractivity contribution in [2.45, 2.75) is 35.6 Å². The SMILES string of the molecule is O=S(=O)([O-])CCC[n+]1c(/C=C/C=C2/Sc3ccccc3N2CCOCCOCCOCCOCCN2/C(=C\C=C=C3Sc4ccc5ccccc5c4N3CCCS(=O)(=O)O)Cc3ccccc32)sc2ccc3ccccc3c21. The summed E-state index contributed by atoms with van der Waals surface area (Å²) in [5.41, 5.74) is 10.2. The van der Waals surface area contributed by atoms with Crippen LogP contribution in [0.2, 0.25) is 0 Å². The maximum Gasteiger partial charge on any atom is 0.264 e. The first-order valence-corrected chi connectivity index (χ1v) is 31.6. The predicted octanol–water partition coefficient (Wildman–Crippen LogP) is 10.8. The van der Waals surface area contributed by atoms with Crippen molar-refractivity contribution < 1.29 is 49.5 Å². The molecule has 19 heteroatoms. The first kappa shape index (κ1) is 55.5. The van der Waals surface area contributed by atoms with Crippen LogP contribution >= 0.6 is 34.9 Å². The zero-order chi connectivity index (χ0) is 53.9. The lowest BCUT2D eigenvalue weighted by atomic mass is 10.1. The summed E-state index contributed by atoms with van der Waals surface area (Å²) in [6.45, 7) is 5.84. The minimum absolute atomic E-state index is 0.227. The van der Waals surface area contributed by atoms with Crippen LogP contribution in [0, 0.1) is 0 Å². The topological polar surface area (TPSA) is 162 Å². The molecule has 1 aromatic heterocycles. The zero-order valence-corrected chi connectivity index (χ0v) is 47.0. The van der Waals surface area contributed by atoms with Gasteiger partial charge in [0.25, 0.3) is 15.1 Å². The maximum atomic E-state index is 11.6.